The van der Waals surface area contributed by atoms with E-state index in [1.807, 2.05) is 0 Å². The third kappa shape index (κ3) is 3.46. The first-order valence-corrected chi connectivity index (χ1v) is 7.65. The molecule has 4 unspecified atom stereocenters. The Balaban J connectivity index is 1.87. The van der Waals surface area contributed by atoms with Gasteiger partial charge < -0.3 is 10.5 Å². The molecule has 0 radical (unpaired) electrons. The second-order valence-electron chi connectivity index (χ2n) is 6.62. The molecule has 2 aliphatic rings. The Hall–Kier alpha value is -0.120. The van der Waals surface area contributed by atoms with E-state index in [-0.39, 0.29) is 0 Å². The molecule has 0 spiro atoms. The van der Waals surface area contributed by atoms with Gasteiger partial charge in [-0.1, -0.05) is 13.8 Å². The lowest BCUT2D eigenvalue weighted by molar-refractivity contribution is 0.0454. The Morgan fingerprint density at radius 3 is 2.67 bits per heavy atom. The minimum Gasteiger partial charge on any atom is -0.377 e. The van der Waals surface area contributed by atoms with E-state index < -0.39 is 0 Å². The molecular weight excluding hydrogens is 224 g/mol. The molecule has 2 rings (SSSR count). The zero-order chi connectivity index (χ0) is 13.1. The van der Waals surface area contributed by atoms with Gasteiger partial charge in [0.1, 0.15) is 0 Å². The molecule has 1 saturated heterocycles. The normalized spacial score (nSPS) is 37.7. The van der Waals surface area contributed by atoms with Gasteiger partial charge in [0.2, 0.25) is 0 Å². The van der Waals surface area contributed by atoms with Crippen molar-refractivity contribution in [3.63, 3.8) is 0 Å². The maximum absolute atomic E-state index is 6.33. The number of nitrogens with two attached hydrogens (primary N) is 1. The highest BCUT2D eigenvalue weighted by Gasteiger charge is 2.33. The molecule has 106 valence electrons. The van der Waals surface area contributed by atoms with Crippen LogP contribution < -0.4 is 5.73 Å². The summed E-state index contributed by atoms with van der Waals surface area (Å²) in [7, 11) is 2.23. The highest BCUT2D eigenvalue weighted by Crippen LogP contribution is 2.32. The monoisotopic (exact) mass is 254 g/mol. The van der Waals surface area contributed by atoms with Gasteiger partial charge in [0.15, 0.2) is 0 Å². The molecule has 1 heterocycles. The van der Waals surface area contributed by atoms with E-state index in [2.05, 4.69) is 25.8 Å². The molecule has 0 bridgehead atoms. The summed E-state index contributed by atoms with van der Waals surface area (Å²) >= 11 is 0. The van der Waals surface area contributed by atoms with Crippen LogP contribution in [0.1, 0.15) is 46.0 Å². The molecule has 1 saturated carbocycles. The molecule has 1 aliphatic carbocycles. The van der Waals surface area contributed by atoms with Gasteiger partial charge in [0, 0.05) is 25.2 Å². The van der Waals surface area contributed by atoms with Gasteiger partial charge in [0.25, 0.3) is 0 Å². The number of hydrogen-bond donors (Lipinski definition) is 1. The highest BCUT2D eigenvalue weighted by molar-refractivity contribution is 4.90. The van der Waals surface area contributed by atoms with Crippen LogP contribution in [0.25, 0.3) is 0 Å². The summed E-state index contributed by atoms with van der Waals surface area (Å²) in [5, 5.41) is 0. The van der Waals surface area contributed by atoms with Gasteiger partial charge in [-0.05, 0) is 51.0 Å². The number of likely N-dealkylation sites (N-methyl/N-ethyl adjacent to an activating group) is 1. The average Bonchev–Trinajstić information content (AvgIpc) is 2.81. The van der Waals surface area contributed by atoms with Crippen molar-refractivity contribution >= 4 is 0 Å². The van der Waals surface area contributed by atoms with Gasteiger partial charge >= 0.3 is 0 Å². The standard InChI is InChI=1S/C15H30N2O/c1-11(2)12-6-7-14(16)15(9-12)17(3)10-13-5-4-8-18-13/h11-15H,4-10,16H2,1-3H3. The third-order valence-electron chi connectivity index (χ3n) is 4.93. The van der Waals surface area contributed by atoms with Crippen LogP contribution in [0.3, 0.4) is 0 Å². The van der Waals surface area contributed by atoms with Gasteiger partial charge in [0.05, 0.1) is 6.10 Å². The second kappa shape index (κ2) is 6.36. The molecule has 1 aliphatic heterocycles. The second-order valence-corrected chi connectivity index (χ2v) is 6.62. The number of rotatable bonds is 4. The SMILES string of the molecule is CC(C)C1CCC(N)C(N(C)CC2CCCO2)C1. The Morgan fingerprint density at radius 1 is 1.28 bits per heavy atom. The molecule has 3 nitrogen and oxygen atoms in total. The Labute approximate surface area is 112 Å². The van der Waals surface area contributed by atoms with Gasteiger partial charge in [-0.15, -0.1) is 0 Å². The lowest BCUT2D eigenvalue weighted by atomic mass is 9.76. The summed E-state index contributed by atoms with van der Waals surface area (Å²) in [4.78, 5) is 2.47. The van der Waals surface area contributed by atoms with Crippen molar-refractivity contribution in [1.82, 2.24) is 4.90 Å². The van der Waals surface area contributed by atoms with Crippen LogP contribution in [0, 0.1) is 11.8 Å². The van der Waals surface area contributed by atoms with Crippen molar-refractivity contribution in [2.24, 2.45) is 17.6 Å². The Kier molecular flexibility index (Phi) is 5.05. The summed E-state index contributed by atoms with van der Waals surface area (Å²) in [6, 6.07) is 0.904. The van der Waals surface area contributed by atoms with Crippen molar-refractivity contribution in [1.29, 1.82) is 0 Å². The minimum atomic E-state index is 0.353. The number of ether oxygens (including phenoxy) is 1. The molecule has 0 aromatic rings. The lowest BCUT2D eigenvalue weighted by Gasteiger charge is -2.41. The summed E-state index contributed by atoms with van der Waals surface area (Å²) in [6.07, 6.45) is 6.65. The van der Waals surface area contributed by atoms with E-state index in [1.54, 1.807) is 0 Å². The smallest absolute Gasteiger partial charge is 0.0702 e. The first kappa shape index (κ1) is 14.3. The molecule has 2 fully saturated rings. The zero-order valence-electron chi connectivity index (χ0n) is 12.3. The maximum Gasteiger partial charge on any atom is 0.0702 e. The predicted octanol–water partition coefficient (Wildman–Crippen LogP) is 2.25. The fourth-order valence-corrected chi connectivity index (χ4v) is 3.56. The topological polar surface area (TPSA) is 38.5 Å². The van der Waals surface area contributed by atoms with E-state index in [4.69, 9.17) is 10.5 Å². The van der Waals surface area contributed by atoms with Crippen LogP contribution >= 0.6 is 0 Å². The lowest BCUT2D eigenvalue weighted by Crippen LogP contribution is -2.52. The maximum atomic E-state index is 6.33. The molecule has 18 heavy (non-hydrogen) atoms. The fourth-order valence-electron chi connectivity index (χ4n) is 3.56. The van der Waals surface area contributed by atoms with Crippen molar-refractivity contribution in [2.75, 3.05) is 20.2 Å². The van der Waals surface area contributed by atoms with E-state index in [1.165, 1.54) is 32.1 Å². The van der Waals surface area contributed by atoms with Crippen molar-refractivity contribution in [2.45, 2.75) is 64.1 Å². The molecule has 0 amide bonds. The fraction of sp³-hybridized carbons (Fsp3) is 1.00. The van der Waals surface area contributed by atoms with Gasteiger partial charge in [-0.2, -0.15) is 0 Å². The first-order chi connectivity index (χ1) is 8.58. The predicted molar refractivity (Wildman–Crippen MR) is 75.5 cm³/mol. The molecule has 0 aromatic heterocycles. The zero-order valence-corrected chi connectivity index (χ0v) is 12.3. The van der Waals surface area contributed by atoms with Crippen molar-refractivity contribution in [3.05, 3.63) is 0 Å². The summed E-state index contributed by atoms with van der Waals surface area (Å²) in [6.45, 7) is 6.70. The quantitative estimate of drug-likeness (QED) is 0.836. The molecule has 0 aromatic carbocycles. The van der Waals surface area contributed by atoms with Crippen molar-refractivity contribution in [3.8, 4) is 0 Å². The number of nitrogens with zero attached hydrogens (tertiary/aromatic N) is 1. The van der Waals surface area contributed by atoms with Crippen LogP contribution in [0.5, 0.6) is 0 Å². The van der Waals surface area contributed by atoms with Crippen LogP contribution in [0.2, 0.25) is 0 Å². The summed E-state index contributed by atoms with van der Waals surface area (Å²) in [5.41, 5.74) is 6.33. The molecule has 4 atom stereocenters. The van der Waals surface area contributed by atoms with E-state index >= 15 is 0 Å². The van der Waals surface area contributed by atoms with Crippen LogP contribution in [0.4, 0.5) is 0 Å². The largest absolute Gasteiger partial charge is 0.377 e. The summed E-state index contributed by atoms with van der Waals surface area (Å²) in [5.74, 6) is 1.64. The van der Waals surface area contributed by atoms with Crippen LogP contribution in [0.15, 0.2) is 0 Å². The molecular formula is C15H30N2O. The Bertz CT molecular complexity index is 251. The molecule has 2 N–H and O–H groups in total. The van der Waals surface area contributed by atoms with E-state index in [0.717, 1.165) is 25.0 Å². The van der Waals surface area contributed by atoms with Crippen molar-refractivity contribution < 1.29 is 4.74 Å². The highest BCUT2D eigenvalue weighted by atomic mass is 16.5. The minimum absolute atomic E-state index is 0.353. The van der Waals surface area contributed by atoms with Gasteiger partial charge in [-0.3, -0.25) is 4.90 Å². The first-order valence-electron chi connectivity index (χ1n) is 7.65. The van der Waals surface area contributed by atoms with Gasteiger partial charge in [-0.25, -0.2) is 0 Å². The van der Waals surface area contributed by atoms with E-state index in [0.29, 0.717) is 18.2 Å². The third-order valence-corrected chi connectivity index (χ3v) is 4.93. The average molecular weight is 254 g/mol. The van der Waals surface area contributed by atoms with Crippen LogP contribution in [-0.2, 0) is 4.74 Å². The molecule has 3 heteroatoms. The summed E-state index contributed by atoms with van der Waals surface area (Å²) < 4.78 is 5.74. The Morgan fingerprint density at radius 2 is 2.06 bits per heavy atom. The van der Waals surface area contributed by atoms with Crippen LogP contribution in [-0.4, -0.2) is 43.3 Å². The van der Waals surface area contributed by atoms with E-state index in [9.17, 15) is 0 Å². The number of hydrogen-bond acceptors (Lipinski definition) is 3.